The van der Waals surface area contributed by atoms with Crippen molar-refractivity contribution >= 4 is 22.3 Å². The van der Waals surface area contributed by atoms with E-state index in [2.05, 4.69) is 36.3 Å². The van der Waals surface area contributed by atoms with Gasteiger partial charge in [0.2, 0.25) is 0 Å². The topological polar surface area (TPSA) is 57.2 Å². The summed E-state index contributed by atoms with van der Waals surface area (Å²) in [6.45, 7) is 10.5. The molecule has 0 radical (unpaired) electrons. The van der Waals surface area contributed by atoms with Crippen LogP contribution in [0, 0.1) is 0 Å². The number of carbonyl (C=O) groups is 1. The first-order valence-electron chi connectivity index (χ1n) is 9.65. The zero-order valence-electron chi connectivity index (χ0n) is 17.1. The van der Waals surface area contributed by atoms with Crippen molar-refractivity contribution in [1.29, 1.82) is 0 Å². The van der Waals surface area contributed by atoms with E-state index in [-0.39, 0.29) is 5.78 Å². The molecule has 4 heteroatoms. The first kappa shape index (κ1) is 19.7. The molecule has 146 valence electrons. The van der Waals surface area contributed by atoms with Crippen LogP contribution in [0.25, 0.3) is 16.5 Å². The molecular formula is C24H28N2O2. The zero-order valence-corrected chi connectivity index (χ0v) is 17.1. The van der Waals surface area contributed by atoms with Crippen LogP contribution in [0.15, 0.2) is 60.0 Å². The summed E-state index contributed by atoms with van der Waals surface area (Å²) in [6.07, 6.45) is 7.79. The highest BCUT2D eigenvalue weighted by Crippen LogP contribution is 2.39. The van der Waals surface area contributed by atoms with Crippen molar-refractivity contribution in [3.05, 3.63) is 76.9 Å². The van der Waals surface area contributed by atoms with Crippen LogP contribution in [-0.4, -0.2) is 17.5 Å². The number of benzene rings is 1. The molecule has 0 saturated carbocycles. The molecule has 1 aromatic heterocycles. The molecule has 0 aliphatic carbocycles. The number of Topliss-reactive ketones (excluding diaryl/α,β-unsaturated/α-hetero) is 1. The number of aromatic nitrogens is 1. The lowest BCUT2D eigenvalue weighted by Crippen LogP contribution is -2.06. The van der Waals surface area contributed by atoms with Gasteiger partial charge in [0.15, 0.2) is 5.78 Å². The maximum absolute atomic E-state index is 12.0. The van der Waals surface area contributed by atoms with E-state index in [0.29, 0.717) is 17.9 Å². The molecule has 0 saturated heterocycles. The van der Waals surface area contributed by atoms with Crippen molar-refractivity contribution in [3.8, 4) is 0 Å². The number of nitrogens with two attached hydrogens (primary N) is 1. The molecule has 0 fully saturated rings. The highest BCUT2D eigenvalue weighted by molar-refractivity contribution is 6.01. The lowest BCUT2D eigenvalue weighted by atomic mass is 9.96. The Labute approximate surface area is 166 Å². The average molecular weight is 377 g/mol. The third-order valence-electron chi connectivity index (χ3n) is 5.38. The average Bonchev–Trinajstić information content (AvgIpc) is 2.88. The Bertz CT molecular complexity index is 1050. The summed E-state index contributed by atoms with van der Waals surface area (Å²) in [7, 11) is 1.63. The van der Waals surface area contributed by atoms with E-state index in [4.69, 9.17) is 10.5 Å². The Morgan fingerprint density at radius 2 is 2.14 bits per heavy atom. The van der Waals surface area contributed by atoms with Gasteiger partial charge in [0.1, 0.15) is 5.76 Å². The van der Waals surface area contributed by atoms with Crippen LogP contribution in [0.1, 0.15) is 48.8 Å². The Hall–Kier alpha value is -3.01. The van der Waals surface area contributed by atoms with Crippen LogP contribution < -0.4 is 5.73 Å². The molecule has 2 aromatic rings. The van der Waals surface area contributed by atoms with Crippen molar-refractivity contribution in [3.63, 3.8) is 0 Å². The van der Waals surface area contributed by atoms with E-state index < -0.39 is 0 Å². The van der Waals surface area contributed by atoms with E-state index >= 15 is 0 Å². The second kappa shape index (κ2) is 7.93. The molecule has 0 amide bonds. The monoisotopic (exact) mass is 376 g/mol. The van der Waals surface area contributed by atoms with Crippen molar-refractivity contribution in [2.75, 3.05) is 7.11 Å². The minimum absolute atomic E-state index is 0.0592. The fourth-order valence-corrected chi connectivity index (χ4v) is 3.95. The second-order valence-corrected chi connectivity index (χ2v) is 7.07. The van der Waals surface area contributed by atoms with Gasteiger partial charge in [-0.15, -0.1) is 0 Å². The molecule has 28 heavy (non-hydrogen) atoms. The summed E-state index contributed by atoms with van der Waals surface area (Å²) in [5.41, 5.74) is 13.3. The number of allylic oxidation sites excluding steroid dienone is 5. The summed E-state index contributed by atoms with van der Waals surface area (Å²) in [6, 6.07) is 5.97. The Morgan fingerprint density at radius 3 is 2.71 bits per heavy atom. The second-order valence-electron chi connectivity index (χ2n) is 7.07. The van der Waals surface area contributed by atoms with Crippen LogP contribution in [-0.2, 0) is 17.7 Å². The van der Waals surface area contributed by atoms with Gasteiger partial charge in [-0.05, 0) is 43.5 Å². The molecule has 1 aliphatic heterocycles. The quantitative estimate of drug-likeness (QED) is 0.580. The normalized spacial score (nSPS) is 16.8. The van der Waals surface area contributed by atoms with Gasteiger partial charge < -0.3 is 15.0 Å². The fourth-order valence-electron chi connectivity index (χ4n) is 3.95. The van der Waals surface area contributed by atoms with Gasteiger partial charge in [-0.2, -0.15) is 0 Å². The van der Waals surface area contributed by atoms with Crippen molar-refractivity contribution < 1.29 is 9.53 Å². The maximum atomic E-state index is 12.0. The third-order valence-corrected chi connectivity index (χ3v) is 5.38. The van der Waals surface area contributed by atoms with Gasteiger partial charge >= 0.3 is 0 Å². The van der Waals surface area contributed by atoms with Crippen LogP contribution in [0.2, 0.25) is 0 Å². The van der Waals surface area contributed by atoms with Crippen LogP contribution in [0.4, 0.5) is 0 Å². The van der Waals surface area contributed by atoms with E-state index in [1.54, 1.807) is 20.2 Å². The van der Waals surface area contributed by atoms with E-state index in [9.17, 15) is 4.79 Å². The van der Waals surface area contributed by atoms with Gasteiger partial charge in [0.05, 0.1) is 19.3 Å². The van der Waals surface area contributed by atoms with Crippen LogP contribution >= 0.6 is 0 Å². The number of ketones is 1. The number of nitrogens with zero attached hydrogens (tertiary/aromatic N) is 1. The number of aryl methyl sites for hydroxylation is 1. The van der Waals surface area contributed by atoms with Crippen LogP contribution in [0.5, 0.6) is 0 Å². The van der Waals surface area contributed by atoms with Crippen LogP contribution in [0.3, 0.4) is 0 Å². The highest BCUT2D eigenvalue weighted by Gasteiger charge is 2.25. The number of ether oxygens (including phenoxy) is 1. The molecule has 2 N–H and O–H groups in total. The summed E-state index contributed by atoms with van der Waals surface area (Å²) in [5.74, 6) is 0.689. The number of hydrogen-bond donors (Lipinski definition) is 1. The molecule has 0 atom stereocenters. The summed E-state index contributed by atoms with van der Waals surface area (Å²) in [4.78, 5) is 12.0. The number of carbonyl (C=O) groups excluding carboxylic acids is 1. The highest BCUT2D eigenvalue weighted by atomic mass is 16.5. The fraction of sp³-hybridized carbons (Fsp3) is 0.292. The Morgan fingerprint density at radius 1 is 1.39 bits per heavy atom. The molecule has 0 unspecified atom stereocenters. The molecule has 1 aliphatic rings. The van der Waals surface area contributed by atoms with Crippen molar-refractivity contribution in [2.24, 2.45) is 5.73 Å². The largest absolute Gasteiger partial charge is 0.497 e. The van der Waals surface area contributed by atoms with E-state index in [0.717, 1.165) is 40.8 Å². The lowest BCUT2D eigenvalue weighted by Gasteiger charge is -2.13. The first-order valence-corrected chi connectivity index (χ1v) is 9.65. The van der Waals surface area contributed by atoms with Crippen molar-refractivity contribution in [2.45, 2.75) is 40.2 Å². The molecule has 0 spiro atoms. The zero-order chi connectivity index (χ0) is 20.4. The number of rotatable bonds is 5. The third kappa shape index (κ3) is 3.19. The maximum Gasteiger partial charge on any atom is 0.159 e. The van der Waals surface area contributed by atoms with Gasteiger partial charge in [-0.1, -0.05) is 38.1 Å². The lowest BCUT2D eigenvalue weighted by molar-refractivity contribution is 0.101. The molecular weight excluding hydrogens is 348 g/mol. The van der Waals surface area contributed by atoms with E-state index in [1.807, 2.05) is 19.1 Å². The standard InChI is InChI=1S/C24H28N2O2/c1-6-8-21-20-10-9-18(15(3)27)12-23(20)26-14-19(16(4)28-5)11-17(7-2)22(13-25)24(21)26/h7,9-13H,4,6,8,14,25H2,1-3,5H3/b17-7-,22-13+. The first-order chi connectivity index (χ1) is 13.5. The molecule has 2 heterocycles. The molecule has 1 aromatic carbocycles. The Kier molecular flexibility index (Phi) is 5.59. The molecule has 3 rings (SSSR count). The van der Waals surface area contributed by atoms with Gasteiger partial charge in [-0.3, -0.25) is 4.79 Å². The SMILES string of the molecule is C=C(OC)C1=CC(=C/C)/C(=C\N)c2c(CCC)c3ccc(C(C)=O)cc3n2C1. The minimum atomic E-state index is 0.0592. The minimum Gasteiger partial charge on any atom is -0.497 e. The summed E-state index contributed by atoms with van der Waals surface area (Å²) in [5, 5.41) is 1.17. The van der Waals surface area contributed by atoms with Gasteiger partial charge in [-0.25, -0.2) is 0 Å². The van der Waals surface area contributed by atoms with Gasteiger partial charge in [0.25, 0.3) is 0 Å². The molecule has 4 nitrogen and oxygen atoms in total. The predicted molar refractivity (Wildman–Crippen MR) is 116 cm³/mol. The summed E-state index contributed by atoms with van der Waals surface area (Å²) >= 11 is 0. The number of methoxy groups -OCH3 is 1. The van der Waals surface area contributed by atoms with Crippen molar-refractivity contribution in [1.82, 2.24) is 4.57 Å². The predicted octanol–water partition coefficient (Wildman–Crippen LogP) is 5.14. The summed E-state index contributed by atoms with van der Waals surface area (Å²) < 4.78 is 7.69. The smallest absolute Gasteiger partial charge is 0.159 e. The Balaban J connectivity index is 2.42. The van der Waals surface area contributed by atoms with Gasteiger partial charge in [0, 0.05) is 33.8 Å². The van der Waals surface area contributed by atoms with E-state index in [1.165, 1.54) is 10.9 Å². The molecule has 0 bridgehead atoms. The number of hydrogen-bond acceptors (Lipinski definition) is 3. The number of fused-ring (bicyclic) bond motifs is 3.